The van der Waals surface area contributed by atoms with E-state index in [1.807, 2.05) is 30.3 Å². The van der Waals surface area contributed by atoms with Crippen molar-refractivity contribution < 1.29 is 14.3 Å². The minimum absolute atomic E-state index is 0.240. The first kappa shape index (κ1) is 15.3. The van der Waals surface area contributed by atoms with Crippen LogP contribution < -0.4 is 5.32 Å². The number of aromatic nitrogens is 2. The van der Waals surface area contributed by atoms with Crippen molar-refractivity contribution in [3.05, 3.63) is 42.1 Å². The van der Waals surface area contributed by atoms with E-state index in [2.05, 4.69) is 15.5 Å². The maximum atomic E-state index is 12.5. The quantitative estimate of drug-likeness (QED) is 0.677. The number of fused-ring (bicyclic) bond motifs is 1. The van der Waals surface area contributed by atoms with Gasteiger partial charge in [-0.3, -0.25) is 9.89 Å². The molecule has 1 amide bonds. The van der Waals surface area contributed by atoms with E-state index in [4.69, 9.17) is 4.42 Å². The average molecular weight is 343 g/mol. The predicted molar refractivity (Wildman–Crippen MR) is 93.0 cm³/mol. The van der Waals surface area contributed by atoms with E-state index in [-0.39, 0.29) is 12.5 Å². The van der Waals surface area contributed by atoms with Crippen LogP contribution in [-0.4, -0.2) is 44.9 Å². The highest BCUT2D eigenvalue weighted by atomic mass is 32.2. The van der Waals surface area contributed by atoms with Gasteiger partial charge in [-0.05, 0) is 24.3 Å². The first-order valence-electron chi connectivity index (χ1n) is 7.75. The first-order chi connectivity index (χ1) is 11.6. The molecule has 6 nitrogen and oxygen atoms in total. The lowest BCUT2D eigenvalue weighted by atomic mass is 10.0. The van der Waals surface area contributed by atoms with Crippen LogP contribution in [0, 0.1) is 0 Å². The normalized spacial score (nSPS) is 20.5. The molecule has 1 saturated heterocycles. The fraction of sp³-hybridized carbons (Fsp3) is 0.294. The summed E-state index contributed by atoms with van der Waals surface area (Å²) in [5.74, 6) is 1.86. The smallest absolute Gasteiger partial charge is 0.255 e. The summed E-state index contributed by atoms with van der Waals surface area (Å²) in [6, 6.07) is 9.54. The van der Waals surface area contributed by atoms with Crippen LogP contribution in [0.4, 0.5) is 0 Å². The summed E-state index contributed by atoms with van der Waals surface area (Å²) < 4.78 is 5.80. The number of H-pyrrole nitrogens is 1. The van der Waals surface area contributed by atoms with Crippen LogP contribution in [0.15, 0.2) is 40.9 Å². The molecule has 3 N–H and O–H groups in total. The Bertz CT molecular complexity index is 847. The first-order valence-corrected chi connectivity index (χ1v) is 8.91. The third kappa shape index (κ3) is 2.81. The van der Waals surface area contributed by atoms with Crippen molar-refractivity contribution >= 4 is 28.6 Å². The van der Waals surface area contributed by atoms with Gasteiger partial charge in [-0.15, -0.1) is 0 Å². The van der Waals surface area contributed by atoms with Crippen molar-refractivity contribution in [1.29, 1.82) is 0 Å². The Morgan fingerprint density at radius 3 is 3.12 bits per heavy atom. The minimum atomic E-state index is -0.816. The average Bonchev–Trinajstić information content (AvgIpc) is 3.31. The number of hydrogen-bond donors (Lipinski definition) is 3. The van der Waals surface area contributed by atoms with Gasteiger partial charge in [0.1, 0.15) is 11.3 Å². The Morgan fingerprint density at radius 1 is 1.46 bits per heavy atom. The number of rotatable bonds is 4. The van der Waals surface area contributed by atoms with Gasteiger partial charge in [-0.2, -0.15) is 16.9 Å². The monoisotopic (exact) mass is 343 g/mol. The molecule has 4 rings (SSSR count). The number of amides is 1. The SMILES string of the molecule is O=C(NC[C@@]1(O)CCSC1)c1cn[nH]c1-c1cc2ccccc2o1. The molecule has 1 aliphatic rings. The van der Waals surface area contributed by atoms with Crippen LogP contribution in [-0.2, 0) is 0 Å². The van der Waals surface area contributed by atoms with E-state index in [0.717, 1.165) is 16.7 Å². The standard InChI is InChI=1S/C17H17N3O3S/c21-16(18-9-17(22)5-6-24-10-17)12-8-19-20-15(12)14-7-11-3-1-2-4-13(11)23-14/h1-4,7-8,22H,5-6,9-10H2,(H,18,21)(H,19,20)/t17-/m0/s1. The second-order valence-corrected chi connectivity index (χ2v) is 7.12. The summed E-state index contributed by atoms with van der Waals surface area (Å²) in [6.45, 7) is 0.240. The van der Waals surface area contributed by atoms with Gasteiger partial charge in [0, 0.05) is 17.7 Å². The molecule has 0 radical (unpaired) electrons. The number of para-hydroxylation sites is 1. The third-order valence-electron chi connectivity index (χ3n) is 4.22. The number of aromatic amines is 1. The minimum Gasteiger partial charge on any atom is -0.454 e. The Hall–Kier alpha value is -2.25. The van der Waals surface area contributed by atoms with Crippen LogP contribution in [0.2, 0.25) is 0 Å². The number of furan rings is 1. The molecule has 3 heterocycles. The molecule has 2 aromatic heterocycles. The van der Waals surface area contributed by atoms with Crippen LogP contribution in [0.25, 0.3) is 22.4 Å². The molecule has 0 spiro atoms. The number of carbonyl (C=O) groups is 1. The summed E-state index contributed by atoms with van der Waals surface area (Å²) in [6.07, 6.45) is 2.17. The lowest BCUT2D eigenvalue weighted by Gasteiger charge is -2.21. The lowest BCUT2D eigenvalue weighted by Crippen LogP contribution is -2.42. The van der Waals surface area contributed by atoms with Gasteiger partial charge in [0.2, 0.25) is 0 Å². The molecule has 1 atom stereocenters. The van der Waals surface area contributed by atoms with E-state index in [1.165, 1.54) is 6.20 Å². The molecule has 1 aliphatic heterocycles. The van der Waals surface area contributed by atoms with E-state index in [1.54, 1.807) is 11.8 Å². The highest BCUT2D eigenvalue weighted by Crippen LogP contribution is 2.29. The van der Waals surface area contributed by atoms with Crippen LogP contribution in [0.1, 0.15) is 16.8 Å². The van der Waals surface area contributed by atoms with Gasteiger partial charge in [-0.25, -0.2) is 0 Å². The van der Waals surface area contributed by atoms with E-state index in [0.29, 0.717) is 29.2 Å². The fourth-order valence-corrected chi connectivity index (χ4v) is 4.12. The number of nitrogens with zero attached hydrogens (tertiary/aromatic N) is 1. The van der Waals surface area contributed by atoms with Crippen molar-refractivity contribution in [2.24, 2.45) is 0 Å². The predicted octanol–water partition coefficient (Wildman–Crippen LogP) is 2.42. The van der Waals surface area contributed by atoms with Crippen molar-refractivity contribution in [3.63, 3.8) is 0 Å². The summed E-state index contributed by atoms with van der Waals surface area (Å²) in [5, 5.41) is 20.9. The van der Waals surface area contributed by atoms with Gasteiger partial charge in [0.25, 0.3) is 5.91 Å². The van der Waals surface area contributed by atoms with Gasteiger partial charge in [0.15, 0.2) is 5.76 Å². The molecule has 124 valence electrons. The van der Waals surface area contributed by atoms with Gasteiger partial charge < -0.3 is 14.8 Å². The zero-order valence-electron chi connectivity index (χ0n) is 12.9. The van der Waals surface area contributed by atoms with Gasteiger partial charge in [0.05, 0.1) is 17.4 Å². The second kappa shape index (κ2) is 5.99. The van der Waals surface area contributed by atoms with Crippen LogP contribution >= 0.6 is 11.8 Å². The maximum absolute atomic E-state index is 12.5. The molecular formula is C17H17N3O3S. The number of aliphatic hydroxyl groups is 1. The second-order valence-electron chi connectivity index (χ2n) is 6.02. The topological polar surface area (TPSA) is 91.1 Å². The van der Waals surface area contributed by atoms with Crippen LogP contribution in [0.5, 0.6) is 0 Å². The molecule has 3 aromatic rings. The molecule has 0 bridgehead atoms. The molecule has 1 fully saturated rings. The largest absolute Gasteiger partial charge is 0.454 e. The molecule has 0 aliphatic carbocycles. The summed E-state index contributed by atoms with van der Waals surface area (Å²) in [4.78, 5) is 12.5. The van der Waals surface area contributed by atoms with Gasteiger partial charge in [-0.1, -0.05) is 18.2 Å². The lowest BCUT2D eigenvalue weighted by molar-refractivity contribution is 0.0613. The Labute approximate surface area is 142 Å². The van der Waals surface area contributed by atoms with E-state index < -0.39 is 5.60 Å². The Morgan fingerprint density at radius 2 is 2.33 bits per heavy atom. The molecule has 24 heavy (non-hydrogen) atoms. The highest BCUT2D eigenvalue weighted by Gasteiger charge is 2.32. The fourth-order valence-electron chi connectivity index (χ4n) is 2.83. The highest BCUT2D eigenvalue weighted by molar-refractivity contribution is 7.99. The number of carbonyl (C=O) groups excluding carboxylic acids is 1. The zero-order chi connectivity index (χ0) is 16.6. The molecule has 7 heteroatoms. The third-order valence-corrected chi connectivity index (χ3v) is 5.45. The molecular weight excluding hydrogens is 326 g/mol. The van der Waals surface area contributed by atoms with Crippen molar-refractivity contribution in [2.45, 2.75) is 12.0 Å². The summed E-state index contributed by atoms with van der Waals surface area (Å²) in [5.41, 5.74) is 0.884. The number of benzene rings is 1. The van der Waals surface area contributed by atoms with E-state index >= 15 is 0 Å². The number of thioether (sulfide) groups is 1. The zero-order valence-corrected chi connectivity index (χ0v) is 13.7. The maximum Gasteiger partial charge on any atom is 0.255 e. The Balaban J connectivity index is 1.56. The summed E-state index contributed by atoms with van der Waals surface area (Å²) in [7, 11) is 0. The molecule has 0 saturated carbocycles. The number of nitrogens with one attached hydrogen (secondary N) is 2. The molecule has 0 unspecified atom stereocenters. The van der Waals surface area contributed by atoms with Crippen molar-refractivity contribution in [1.82, 2.24) is 15.5 Å². The molecule has 1 aromatic carbocycles. The van der Waals surface area contributed by atoms with Crippen molar-refractivity contribution in [3.8, 4) is 11.5 Å². The summed E-state index contributed by atoms with van der Waals surface area (Å²) >= 11 is 1.70. The van der Waals surface area contributed by atoms with Crippen molar-refractivity contribution in [2.75, 3.05) is 18.1 Å². The Kier molecular flexibility index (Phi) is 3.82. The number of hydrogen-bond acceptors (Lipinski definition) is 5. The van der Waals surface area contributed by atoms with Gasteiger partial charge >= 0.3 is 0 Å². The van der Waals surface area contributed by atoms with Crippen LogP contribution in [0.3, 0.4) is 0 Å². The van der Waals surface area contributed by atoms with E-state index in [9.17, 15) is 9.90 Å².